The van der Waals surface area contributed by atoms with Gasteiger partial charge < -0.3 is 9.47 Å². The van der Waals surface area contributed by atoms with Gasteiger partial charge in [-0.2, -0.15) is 0 Å². The predicted octanol–water partition coefficient (Wildman–Crippen LogP) is 6.44. The first-order chi connectivity index (χ1) is 11.7. The summed E-state index contributed by atoms with van der Waals surface area (Å²) in [5.74, 6) is -0.0743. The lowest BCUT2D eigenvalue weighted by molar-refractivity contribution is -0.140. The molecule has 0 radical (unpaired) electrons. The maximum absolute atomic E-state index is 11.0. The Bertz CT molecular complexity index is 266. The van der Waals surface area contributed by atoms with E-state index < -0.39 is 0 Å². The molecule has 0 aliphatic carbocycles. The highest BCUT2D eigenvalue weighted by molar-refractivity contribution is 5.68. The summed E-state index contributed by atoms with van der Waals surface area (Å²) >= 11 is 0. The van der Waals surface area contributed by atoms with Crippen molar-refractivity contribution in [3.05, 3.63) is 0 Å². The molecule has 0 unspecified atom stereocenters. The normalized spacial score (nSPS) is 12.3. The predicted molar refractivity (Wildman–Crippen MR) is 102 cm³/mol. The van der Waals surface area contributed by atoms with Gasteiger partial charge in [0.15, 0.2) is 0 Å². The number of rotatable bonds is 18. The van der Waals surface area contributed by atoms with Crippen LogP contribution in [0.5, 0.6) is 0 Å². The molecule has 144 valence electrons. The van der Waals surface area contributed by atoms with E-state index in [1.54, 1.807) is 0 Å². The third-order valence-corrected chi connectivity index (χ3v) is 4.85. The summed E-state index contributed by atoms with van der Waals surface area (Å²) in [5.41, 5.74) is 0. The minimum atomic E-state index is -0.0743. The van der Waals surface area contributed by atoms with Crippen molar-refractivity contribution < 1.29 is 14.3 Å². The van der Waals surface area contributed by atoms with Crippen molar-refractivity contribution in [3.8, 4) is 0 Å². The van der Waals surface area contributed by atoms with Crippen LogP contribution in [0.25, 0.3) is 0 Å². The smallest absolute Gasteiger partial charge is 0.305 e. The Morgan fingerprint density at radius 1 is 0.708 bits per heavy atom. The average Bonchev–Trinajstić information content (AvgIpc) is 2.61. The van der Waals surface area contributed by atoms with Crippen molar-refractivity contribution in [2.45, 2.75) is 116 Å². The number of carbonyl (C=O) groups excluding carboxylic acids is 1. The van der Waals surface area contributed by atoms with E-state index in [1.165, 1.54) is 90.6 Å². The van der Waals surface area contributed by atoms with E-state index in [4.69, 9.17) is 4.74 Å². The fourth-order valence-corrected chi connectivity index (χ4v) is 3.16. The van der Waals surface area contributed by atoms with Crippen LogP contribution >= 0.6 is 0 Å². The van der Waals surface area contributed by atoms with Crippen LogP contribution in [0.3, 0.4) is 0 Å². The van der Waals surface area contributed by atoms with Crippen LogP contribution in [-0.2, 0) is 14.3 Å². The Morgan fingerprint density at radius 2 is 1.17 bits per heavy atom. The van der Waals surface area contributed by atoms with E-state index in [2.05, 4.69) is 11.7 Å². The van der Waals surface area contributed by atoms with Crippen molar-refractivity contribution in [2.24, 2.45) is 0 Å². The molecule has 0 aromatic heterocycles. The summed E-state index contributed by atoms with van der Waals surface area (Å²) in [6.07, 6.45) is 20.3. The van der Waals surface area contributed by atoms with Crippen LogP contribution in [0, 0.1) is 0 Å². The second kappa shape index (κ2) is 18.8. The van der Waals surface area contributed by atoms with Crippen LogP contribution in [0.2, 0.25) is 0 Å². The lowest BCUT2D eigenvalue weighted by Gasteiger charge is -2.15. The van der Waals surface area contributed by atoms with Gasteiger partial charge in [-0.15, -0.1) is 0 Å². The molecule has 0 aromatic rings. The lowest BCUT2D eigenvalue weighted by atomic mass is 10.0. The van der Waals surface area contributed by atoms with Crippen LogP contribution in [0.1, 0.15) is 110 Å². The molecule has 0 rings (SSSR count). The minimum absolute atomic E-state index is 0.0743. The maximum atomic E-state index is 11.0. The van der Waals surface area contributed by atoms with Crippen LogP contribution in [0.4, 0.5) is 0 Å². The van der Waals surface area contributed by atoms with Crippen molar-refractivity contribution in [1.82, 2.24) is 0 Å². The second-order valence-electron chi connectivity index (χ2n) is 7.00. The molecule has 0 amide bonds. The number of unbranched alkanes of at least 4 members (excludes halogenated alkanes) is 11. The first-order valence-corrected chi connectivity index (χ1v) is 10.3. The number of carbonyl (C=O) groups is 1. The summed E-state index contributed by atoms with van der Waals surface area (Å²) < 4.78 is 10.2. The fourth-order valence-electron chi connectivity index (χ4n) is 3.16. The summed E-state index contributed by atoms with van der Waals surface area (Å²) in [6, 6.07) is 0. The van der Waals surface area contributed by atoms with E-state index in [-0.39, 0.29) is 5.97 Å². The highest BCUT2D eigenvalue weighted by Crippen LogP contribution is 2.16. The molecule has 3 heteroatoms. The molecule has 0 aliphatic rings. The molecule has 0 N–H and O–H groups in total. The Labute approximate surface area is 150 Å². The highest BCUT2D eigenvalue weighted by atomic mass is 16.5. The van der Waals surface area contributed by atoms with E-state index in [0.717, 1.165) is 12.8 Å². The zero-order valence-corrected chi connectivity index (χ0v) is 16.6. The number of ether oxygens (including phenoxy) is 2. The summed E-state index contributed by atoms with van der Waals surface area (Å²) in [7, 11) is 3.33. The quantitative estimate of drug-likeness (QED) is 0.212. The summed E-state index contributed by atoms with van der Waals surface area (Å²) in [4.78, 5) is 11.0. The molecule has 0 heterocycles. The zero-order chi connectivity index (χ0) is 17.9. The first kappa shape index (κ1) is 23.4. The zero-order valence-electron chi connectivity index (χ0n) is 16.6. The molecule has 3 nitrogen and oxygen atoms in total. The number of methoxy groups -OCH3 is 2. The maximum Gasteiger partial charge on any atom is 0.305 e. The standard InChI is InChI=1S/C21H42O3/c1-4-5-6-14-17-20(23-2)18-15-12-10-8-7-9-11-13-16-19-21(22)24-3/h20H,4-19H2,1-3H3/t20-/m1/s1. The Balaban J connectivity index is 3.26. The van der Waals surface area contributed by atoms with Crippen molar-refractivity contribution in [2.75, 3.05) is 14.2 Å². The Morgan fingerprint density at radius 3 is 1.62 bits per heavy atom. The minimum Gasteiger partial charge on any atom is -0.469 e. The number of hydrogen-bond acceptors (Lipinski definition) is 3. The van der Waals surface area contributed by atoms with Gasteiger partial charge in [0.1, 0.15) is 0 Å². The van der Waals surface area contributed by atoms with E-state index in [0.29, 0.717) is 12.5 Å². The van der Waals surface area contributed by atoms with Crippen LogP contribution in [-0.4, -0.2) is 26.3 Å². The largest absolute Gasteiger partial charge is 0.469 e. The summed E-state index contributed by atoms with van der Waals surface area (Å²) in [6.45, 7) is 2.26. The molecule has 0 fully saturated rings. The molecule has 0 aromatic carbocycles. The van der Waals surface area contributed by atoms with E-state index in [1.807, 2.05) is 7.11 Å². The topological polar surface area (TPSA) is 35.5 Å². The number of hydrogen-bond donors (Lipinski definition) is 0. The van der Waals surface area contributed by atoms with Gasteiger partial charge in [-0.3, -0.25) is 4.79 Å². The van der Waals surface area contributed by atoms with Gasteiger partial charge in [0.2, 0.25) is 0 Å². The van der Waals surface area contributed by atoms with Crippen molar-refractivity contribution in [3.63, 3.8) is 0 Å². The molecule has 0 spiro atoms. The van der Waals surface area contributed by atoms with Crippen molar-refractivity contribution >= 4 is 5.97 Å². The van der Waals surface area contributed by atoms with Crippen molar-refractivity contribution in [1.29, 1.82) is 0 Å². The fraction of sp³-hybridized carbons (Fsp3) is 0.952. The molecule has 1 atom stereocenters. The van der Waals surface area contributed by atoms with Gasteiger partial charge in [0, 0.05) is 13.5 Å². The summed E-state index contributed by atoms with van der Waals surface area (Å²) in [5, 5.41) is 0. The van der Waals surface area contributed by atoms with Crippen LogP contribution in [0.15, 0.2) is 0 Å². The molecule has 0 aliphatic heterocycles. The van der Waals surface area contributed by atoms with E-state index >= 15 is 0 Å². The SMILES string of the molecule is CCCCCC[C@H](CCCCCCCCCCCC(=O)OC)OC. The number of esters is 1. The second-order valence-corrected chi connectivity index (χ2v) is 7.00. The Kier molecular flexibility index (Phi) is 18.3. The van der Waals surface area contributed by atoms with Crippen LogP contribution < -0.4 is 0 Å². The lowest BCUT2D eigenvalue weighted by Crippen LogP contribution is -2.10. The van der Waals surface area contributed by atoms with Gasteiger partial charge in [0.05, 0.1) is 13.2 Å². The molecule has 0 bridgehead atoms. The van der Waals surface area contributed by atoms with E-state index in [9.17, 15) is 4.79 Å². The molecular weight excluding hydrogens is 300 g/mol. The van der Waals surface area contributed by atoms with Gasteiger partial charge in [-0.25, -0.2) is 0 Å². The first-order valence-electron chi connectivity index (χ1n) is 10.3. The average molecular weight is 343 g/mol. The van der Waals surface area contributed by atoms with Gasteiger partial charge in [0.25, 0.3) is 0 Å². The molecule has 0 saturated heterocycles. The molecule has 0 saturated carbocycles. The Hall–Kier alpha value is -0.570. The highest BCUT2D eigenvalue weighted by Gasteiger charge is 2.06. The third-order valence-electron chi connectivity index (χ3n) is 4.85. The monoisotopic (exact) mass is 342 g/mol. The molecule has 24 heavy (non-hydrogen) atoms. The molecular formula is C21H42O3. The van der Waals surface area contributed by atoms with Gasteiger partial charge in [-0.1, -0.05) is 84.0 Å². The van der Waals surface area contributed by atoms with Gasteiger partial charge in [-0.05, 0) is 19.3 Å². The third kappa shape index (κ3) is 16.3. The van der Waals surface area contributed by atoms with Gasteiger partial charge >= 0.3 is 5.97 Å².